The fraction of sp³-hybridized carbons (Fsp3) is 0.455. The van der Waals surface area contributed by atoms with E-state index in [-0.39, 0.29) is 0 Å². The lowest BCUT2D eigenvalue weighted by atomic mass is 10.0. The van der Waals surface area contributed by atoms with Crippen molar-refractivity contribution in [3.05, 3.63) is 35.4 Å². The van der Waals surface area contributed by atoms with Crippen molar-refractivity contribution in [2.45, 2.75) is 24.9 Å². The number of aryl methyl sites for hydroxylation is 1. The molecular weight excluding hydrogens is 241 g/mol. The molecule has 0 fully saturated rings. The van der Waals surface area contributed by atoms with E-state index in [0.717, 1.165) is 12.1 Å². The quantitative estimate of drug-likeness (QED) is 0.819. The summed E-state index contributed by atoms with van der Waals surface area (Å²) in [5.41, 5.74) is 4.92. The first-order chi connectivity index (χ1) is 7.79. The number of nitrogens with two attached hydrogens (primary N) is 1. The molecule has 6 heteroatoms. The molecule has 0 radical (unpaired) electrons. The average Bonchev–Trinajstić information content (AvgIpc) is 2.25. The zero-order valence-electron chi connectivity index (χ0n) is 8.90. The van der Waals surface area contributed by atoms with Crippen LogP contribution in [0.25, 0.3) is 0 Å². The minimum atomic E-state index is -5.56. The van der Waals surface area contributed by atoms with Crippen molar-refractivity contribution in [1.29, 1.82) is 0 Å². The average molecular weight is 253 g/mol. The van der Waals surface area contributed by atoms with Crippen molar-refractivity contribution in [2.75, 3.05) is 6.54 Å². The van der Waals surface area contributed by atoms with Gasteiger partial charge in [0.15, 0.2) is 0 Å². The molecule has 0 aliphatic heterocycles. The molecule has 0 saturated heterocycles. The first-order valence-corrected chi connectivity index (χ1v) is 5.03. The van der Waals surface area contributed by atoms with Crippen molar-refractivity contribution in [2.24, 2.45) is 5.73 Å². The van der Waals surface area contributed by atoms with Crippen LogP contribution in [0.3, 0.4) is 0 Å². The Kier molecular flexibility index (Phi) is 4.08. The molecule has 1 rings (SSSR count). The van der Waals surface area contributed by atoms with E-state index in [9.17, 15) is 22.0 Å². The van der Waals surface area contributed by atoms with E-state index < -0.39 is 17.7 Å². The Labute approximate surface area is 95.4 Å². The third-order valence-corrected chi connectivity index (χ3v) is 2.34. The van der Waals surface area contributed by atoms with Gasteiger partial charge in [-0.05, 0) is 24.9 Å². The van der Waals surface area contributed by atoms with Crippen molar-refractivity contribution >= 4 is 0 Å². The normalized spacial score (nSPS) is 12.8. The SMILES string of the molecule is NCCCc1ccc(C(F)(F)C(F)(F)F)cc1. The number of hydrogen-bond acceptors (Lipinski definition) is 1. The van der Waals surface area contributed by atoms with Gasteiger partial charge in [0.05, 0.1) is 0 Å². The second kappa shape index (κ2) is 5.00. The highest BCUT2D eigenvalue weighted by atomic mass is 19.4. The van der Waals surface area contributed by atoms with Gasteiger partial charge in [0.25, 0.3) is 0 Å². The summed E-state index contributed by atoms with van der Waals surface area (Å²) in [6.07, 6.45) is -4.34. The number of benzene rings is 1. The molecule has 0 heterocycles. The van der Waals surface area contributed by atoms with Crippen LogP contribution in [0.1, 0.15) is 17.5 Å². The maximum atomic E-state index is 12.9. The van der Waals surface area contributed by atoms with Gasteiger partial charge in [0.2, 0.25) is 0 Å². The Morgan fingerprint density at radius 1 is 0.941 bits per heavy atom. The van der Waals surface area contributed by atoms with Gasteiger partial charge in [0, 0.05) is 5.56 Å². The molecule has 0 amide bonds. The van der Waals surface area contributed by atoms with Crippen molar-refractivity contribution in [1.82, 2.24) is 0 Å². The van der Waals surface area contributed by atoms with Gasteiger partial charge in [0.1, 0.15) is 0 Å². The molecule has 2 N–H and O–H groups in total. The van der Waals surface area contributed by atoms with Gasteiger partial charge in [-0.2, -0.15) is 22.0 Å². The summed E-state index contributed by atoms with van der Waals surface area (Å²) in [5.74, 6) is -4.81. The lowest BCUT2D eigenvalue weighted by molar-refractivity contribution is -0.289. The molecule has 0 aliphatic rings. The van der Waals surface area contributed by atoms with Gasteiger partial charge in [-0.25, -0.2) is 0 Å². The second-order valence-corrected chi connectivity index (χ2v) is 3.66. The van der Waals surface area contributed by atoms with Crippen LogP contribution in [0.4, 0.5) is 22.0 Å². The zero-order chi connectivity index (χ0) is 13.1. The highest BCUT2D eigenvalue weighted by Gasteiger charge is 2.58. The second-order valence-electron chi connectivity index (χ2n) is 3.66. The predicted octanol–water partition coefficient (Wildman–Crippen LogP) is 3.23. The minimum absolute atomic E-state index is 0.445. The molecule has 1 nitrogen and oxygen atoms in total. The van der Waals surface area contributed by atoms with E-state index in [1.165, 1.54) is 12.1 Å². The monoisotopic (exact) mass is 253 g/mol. The largest absolute Gasteiger partial charge is 0.458 e. The van der Waals surface area contributed by atoms with Crippen LogP contribution in [0.5, 0.6) is 0 Å². The number of halogens is 5. The molecule has 0 spiro atoms. The number of rotatable bonds is 4. The first kappa shape index (κ1) is 13.9. The maximum absolute atomic E-state index is 12.9. The Bertz CT molecular complexity index is 355. The van der Waals surface area contributed by atoms with Crippen molar-refractivity contribution < 1.29 is 22.0 Å². The lowest BCUT2D eigenvalue weighted by Crippen LogP contribution is -2.33. The number of hydrogen-bond donors (Lipinski definition) is 1. The van der Waals surface area contributed by atoms with E-state index in [1.54, 1.807) is 0 Å². The third-order valence-electron chi connectivity index (χ3n) is 2.34. The standard InChI is InChI=1S/C11H12F5N/c12-10(13,11(14,15)16)9-5-3-8(4-6-9)2-1-7-17/h3-6H,1-2,7,17H2. The van der Waals surface area contributed by atoms with Crippen LogP contribution in [0, 0.1) is 0 Å². The van der Waals surface area contributed by atoms with E-state index in [2.05, 4.69) is 0 Å². The highest BCUT2D eigenvalue weighted by molar-refractivity contribution is 5.27. The van der Waals surface area contributed by atoms with Crippen LogP contribution in [-0.2, 0) is 12.3 Å². The van der Waals surface area contributed by atoms with Gasteiger partial charge >= 0.3 is 12.1 Å². The molecule has 0 atom stereocenters. The molecule has 0 aromatic heterocycles. The minimum Gasteiger partial charge on any atom is -0.330 e. The molecule has 0 saturated carbocycles. The van der Waals surface area contributed by atoms with Gasteiger partial charge in [-0.3, -0.25) is 0 Å². The third kappa shape index (κ3) is 3.15. The molecule has 1 aromatic carbocycles. The Hall–Kier alpha value is -1.17. The van der Waals surface area contributed by atoms with E-state index in [0.29, 0.717) is 24.9 Å². The van der Waals surface area contributed by atoms with Crippen LogP contribution >= 0.6 is 0 Å². The molecular formula is C11H12F5N. The fourth-order valence-electron chi connectivity index (χ4n) is 1.35. The van der Waals surface area contributed by atoms with Crippen molar-refractivity contribution in [3.8, 4) is 0 Å². The van der Waals surface area contributed by atoms with Gasteiger partial charge < -0.3 is 5.73 Å². The van der Waals surface area contributed by atoms with E-state index >= 15 is 0 Å². The van der Waals surface area contributed by atoms with Crippen LogP contribution in [0.2, 0.25) is 0 Å². The Morgan fingerprint density at radius 3 is 1.88 bits per heavy atom. The summed E-state index contributed by atoms with van der Waals surface area (Å²) in [4.78, 5) is 0. The number of alkyl halides is 5. The summed E-state index contributed by atoms with van der Waals surface area (Å²) >= 11 is 0. The maximum Gasteiger partial charge on any atom is 0.458 e. The predicted molar refractivity (Wildman–Crippen MR) is 53.8 cm³/mol. The van der Waals surface area contributed by atoms with Gasteiger partial charge in [-0.15, -0.1) is 0 Å². The smallest absolute Gasteiger partial charge is 0.330 e. The molecule has 0 aliphatic carbocycles. The molecule has 17 heavy (non-hydrogen) atoms. The van der Waals surface area contributed by atoms with Gasteiger partial charge in [-0.1, -0.05) is 24.3 Å². The first-order valence-electron chi connectivity index (χ1n) is 5.03. The molecule has 0 bridgehead atoms. The summed E-state index contributed by atoms with van der Waals surface area (Å²) in [5, 5.41) is 0. The molecule has 1 aromatic rings. The Morgan fingerprint density at radius 2 is 1.47 bits per heavy atom. The molecule has 96 valence electrons. The van der Waals surface area contributed by atoms with Crippen LogP contribution in [0.15, 0.2) is 24.3 Å². The Balaban J connectivity index is 2.87. The van der Waals surface area contributed by atoms with E-state index in [1.807, 2.05) is 0 Å². The summed E-state index contributed by atoms with van der Waals surface area (Å²) in [6.45, 7) is 0.445. The zero-order valence-corrected chi connectivity index (χ0v) is 8.90. The van der Waals surface area contributed by atoms with Crippen molar-refractivity contribution in [3.63, 3.8) is 0 Å². The van der Waals surface area contributed by atoms with E-state index in [4.69, 9.17) is 5.73 Å². The summed E-state index contributed by atoms with van der Waals surface area (Å²) < 4.78 is 62.0. The topological polar surface area (TPSA) is 26.0 Å². The fourth-order valence-corrected chi connectivity index (χ4v) is 1.35. The molecule has 0 unspecified atom stereocenters. The van der Waals surface area contributed by atoms with Crippen LogP contribution < -0.4 is 5.73 Å². The van der Waals surface area contributed by atoms with Crippen LogP contribution in [-0.4, -0.2) is 12.7 Å². The summed E-state index contributed by atoms with van der Waals surface area (Å²) in [7, 11) is 0. The lowest BCUT2D eigenvalue weighted by Gasteiger charge is -2.19. The summed E-state index contributed by atoms with van der Waals surface area (Å²) in [6, 6.07) is 4.15. The highest BCUT2D eigenvalue weighted by Crippen LogP contribution is 2.43.